The van der Waals surface area contributed by atoms with Gasteiger partial charge in [-0.3, -0.25) is 19.2 Å². The molecule has 3 aromatic rings. The van der Waals surface area contributed by atoms with E-state index in [1.54, 1.807) is 9.36 Å². The highest BCUT2D eigenvalue weighted by atomic mass is 16.2. The number of benzene rings is 2. The van der Waals surface area contributed by atoms with Crippen LogP contribution in [0.3, 0.4) is 0 Å². The number of anilines is 1. The van der Waals surface area contributed by atoms with Gasteiger partial charge in [-0.15, -0.1) is 0 Å². The van der Waals surface area contributed by atoms with E-state index in [1.807, 2.05) is 93.5 Å². The van der Waals surface area contributed by atoms with Gasteiger partial charge in [0.1, 0.15) is 5.69 Å². The second-order valence-electron chi connectivity index (χ2n) is 7.00. The lowest BCUT2D eigenvalue weighted by Gasteiger charge is -2.23. The number of carbonyl (C=O) groups is 1. The lowest BCUT2D eigenvalue weighted by atomic mass is 10.2. The van der Waals surface area contributed by atoms with E-state index in [1.165, 1.54) is 0 Å². The van der Waals surface area contributed by atoms with E-state index in [-0.39, 0.29) is 17.5 Å². The van der Waals surface area contributed by atoms with Crippen molar-refractivity contribution in [2.24, 2.45) is 7.05 Å². The van der Waals surface area contributed by atoms with Gasteiger partial charge in [0.2, 0.25) is 5.91 Å². The van der Waals surface area contributed by atoms with Gasteiger partial charge in [-0.1, -0.05) is 48.5 Å². The van der Waals surface area contributed by atoms with Crippen molar-refractivity contribution in [1.29, 1.82) is 0 Å². The first kappa shape index (κ1) is 19.6. The Morgan fingerprint density at radius 1 is 1.07 bits per heavy atom. The van der Waals surface area contributed by atoms with Crippen LogP contribution < -0.4 is 10.9 Å². The molecule has 28 heavy (non-hydrogen) atoms. The van der Waals surface area contributed by atoms with Crippen molar-refractivity contribution in [3.63, 3.8) is 0 Å². The standard InChI is InChI=1S/C22H26N4O2/c1-16-20(22(28)26(25(16)4)19-13-9-6-10-14-19)23-21(27)17(2)24(3)15-18-11-7-5-8-12-18/h5-14,17H,15H2,1-4H3,(H,23,27). The summed E-state index contributed by atoms with van der Waals surface area (Å²) >= 11 is 0. The number of hydrogen-bond donors (Lipinski definition) is 1. The number of rotatable bonds is 6. The first-order chi connectivity index (χ1) is 13.4. The van der Waals surface area contributed by atoms with Gasteiger partial charge in [0.15, 0.2) is 0 Å². The van der Waals surface area contributed by atoms with Crippen molar-refractivity contribution >= 4 is 11.6 Å². The van der Waals surface area contributed by atoms with E-state index in [2.05, 4.69) is 5.32 Å². The summed E-state index contributed by atoms with van der Waals surface area (Å²) in [6, 6.07) is 19.0. The zero-order valence-corrected chi connectivity index (χ0v) is 16.7. The number of likely N-dealkylation sites (N-methyl/N-ethyl adjacent to an activating group) is 1. The number of carbonyl (C=O) groups excluding carboxylic acids is 1. The Morgan fingerprint density at radius 3 is 2.25 bits per heavy atom. The SMILES string of the molecule is Cc1c(NC(=O)C(C)N(C)Cc2ccccc2)c(=O)n(-c2ccccc2)n1C. The molecule has 6 nitrogen and oxygen atoms in total. The van der Waals surface area contributed by atoms with Crippen LogP contribution in [0.5, 0.6) is 0 Å². The summed E-state index contributed by atoms with van der Waals surface area (Å²) in [5.41, 5.74) is 2.67. The minimum Gasteiger partial charge on any atom is -0.319 e. The molecule has 1 unspecified atom stereocenters. The molecule has 0 bridgehead atoms. The maximum Gasteiger partial charge on any atom is 0.295 e. The summed E-state index contributed by atoms with van der Waals surface area (Å²) in [7, 11) is 3.71. The van der Waals surface area contributed by atoms with Crippen molar-refractivity contribution in [3.8, 4) is 5.69 Å². The Hall–Kier alpha value is -3.12. The number of hydrogen-bond acceptors (Lipinski definition) is 3. The minimum absolute atomic E-state index is 0.204. The highest BCUT2D eigenvalue weighted by molar-refractivity contribution is 5.94. The van der Waals surface area contributed by atoms with Crippen molar-refractivity contribution in [3.05, 3.63) is 82.3 Å². The van der Waals surface area contributed by atoms with Crippen LogP contribution in [0.25, 0.3) is 5.69 Å². The summed E-state index contributed by atoms with van der Waals surface area (Å²) in [6.07, 6.45) is 0. The molecular weight excluding hydrogens is 352 g/mol. The van der Waals surface area contributed by atoms with Crippen LogP contribution in [-0.2, 0) is 18.4 Å². The van der Waals surface area contributed by atoms with Crippen molar-refractivity contribution in [2.45, 2.75) is 26.4 Å². The van der Waals surface area contributed by atoms with E-state index >= 15 is 0 Å². The van der Waals surface area contributed by atoms with Gasteiger partial charge < -0.3 is 5.32 Å². The van der Waals surface area contributed by atoms with Crippen LogP contribution in [0, 0.1) is 6.92 Å². The molecule has 1 N–H and O–H groups in total. The number of nitrogens with zero attached hydrogens (tertiary/aromatic N) is 3. The molecule has 146 valence electrons. The molecule has 0 radical (unpaired) electrons. The summed E-state index contributed by atoms with van der Waals surface area (Å²) < 4.78 is 3.31. The molecule has 0 aliphatic carbocycles. The number of nitrogens with one attached hydrogen (secondary N) is 1. The van der Waals surface area contributed by atoms with Gasteiger partial charge >= 0.3 is 0 Å². The molecular formula is C22H26N4O2. The summed E-state index contributed by atoms with van der Waals surface area (Å²) in [6.45, 7) is 4.32. The quantitative estimate of drug-likeness (QED) is 0.717. The Morgan fingerprint density at radius 2 is 1.64 bits per heavy atom. The Labute approximate surface area is 165 Å². The molecule has 0 aliphatic heterocycles. The molecule has 6 heteroatoms. The number of aromatic nitrogens is 2. The normalized spacial score (nSPS) is 12.2. The first-order valence-corrected chi connectivity index (χ1v) is 9.29. The Balaban J connectivity index is 1.80. The van der Waals surface area contributed by atoms with Gasteiger partial charge in [-0.25, -0.2) is 4.68 Å². The van der Waals surface area contributed by atoms with Crippen LogP contribution >= 0.6 is 0 Å². The Bertz CT molecular complexity index is 1010. The van der Waals surface area contributed by atoms with Gasteiger partial charge in [-0.05, 0) is 38.6 Å². The zero-order chi connectivity index (χ0) is 20.3. The number of amides is 1. The van der Waals surface area contributed by atoms with Crippen molar-refractivity contribution in [2.75, 3.05) is 12.4 Å². The smallest absolute Gasteiger partial charge is 0.295 e. The van der Waals surface area contributed by atoms with E-state index in [9.17, 15) is 9.59 Å². The zero-order valence-electron chi connectivity index (χ0n) is 16.7. The van der Waals surface area contributed by atoms with Gasteiger partial charge in [-0.2, -0.15) is 0 Å². The lowest BCUT2D eigenvalue weighted by molar-refractivity contribution is -0.120. The second-order valence-corrected chi connectivity index (χ2v) is 7.00. The topological polar surface area (TPSA) is 59.3 Å². The highest BCUT2D eigenvalue weighted by Gasteiger charge is 2.23. The molecule has 1 amide bonds. The van der Waals surface area contributed by atoms with Crippen LogP contribution in [0.1, 0.15) is 18.2 Å². The molecule has 3 rings (SSSR count). The molecule has 0 saturated carbocycles. The minimum atomic E-state index is -0.385. The third-order valence-corrected chi connectivity index (χ3v) is 5.12. The van der Waals surface area contributed by atoms with E-state index < -0.39 is 0 Å². The van der Waals surface area contributed by atoms with Gasteiger partial charge in [0, 0.05) is 13.6 Å². The number of para-hydroxylation sites is 1. The molecule has 0 fully saturated rings. The van der Waals surface area contributed by atoms with Crippen LogP contribution in [0.15, 0.2) is 65.5 Å². The molecule has 0 spiro atoms. The van der Waals surface area contributed by atoms with Gasteiger partial charge in [0.25, 0.3) is 5.56 Å². The predicted molar refractivity (Wildman–Crippen MR) is 112 cm³/mol. The molecule has 1 aromatic heterocycles. The molecule has 2 aromatic carbocycles. The largest absolute Gasteiger partial charge is 0.319 e. The average molecular weight is 378 g/mol. The fraction of sp³-hybridized carbons (Fsp3) is 0.273. The fourth-order valence-electron chi connectivity index (χ4n) is 3.15. The molecule has 0 aliphatic rings. The lowest BCUT2D eigenvalue weighted by Crippen LogP contribution is -2.40. The first-order valence-electron chi connectivity index (χ1n) is 9.29. The van der Waals surface area contributed by atoms with E-state index in [0.717, 1.165) is 11.3 Å². The Kier molecular flexibility index (Phi) is 5.80. The van der Waals surface area contributed by atoms with Crippen LogP contribution in [-0.4, -0.2) is 33.3 Å². The predicted octanol–water partition coefficient (Wildman–Crippen LogP) is 2.94. The van der Waals surface area contributed by atoms with Crippen LogP contribution in [0.4, 0.5) is 5.69 Å². The van der Waals surface area contributed by atoms with E-state index in [4.69, 9.17) is 0 Å². The average Bonchev–Trinajstić information content (AvgIpc) is 2.92. The van der Waals surface area contributed by atoms with Crippen molar-refractivity contribution in [1.82, 2.24) is 14.3 Å². The highest BCUT2D eigenvalue weighted by Crippen LogP contribution is 2.15. The van der Waals surface area contributed by atoms with E-state index in [0.29, 0.717) is 17.9 Å². The van der Waals surface area contributed by atoms with Gasteiger partial charge in [0.05, 0.1) is 17.4 Å². The summed E-state index contributed by atoms with van der Waals surface area (Å²) in [5, 5.41) is 2.84. The third-order valence-electron chi connectivity index (χ3n) is 5.12. The fourth-order valence-corrected chi connectivity index (χ4v) is 3.15. The molecule has 0 saturated heterocycles. The van der Waals surface area contributed by atoms with Crippen molar-refractivity contribution < 1.29 is 4.79 Å². The molecule has 1 atom stereocenters. The third kappa shape index (κ3) is 3.92. The maximum absolute atomic E-state index is 12.9. The van der Waals surface area contributed by atoms with Crippen LogP contribution in [0.2, 0.25) is 0 Å². The summed E-state index contributed by atoms with van der Waals surface area (Å²) in [4.78, 5) is 27.7. The second kappa shape index (κ2) is 8.27. The summed E-state index contributed by atoms with van der Waals surface area (Å²) in [5.74, 6) is -0.204. The maximum atomic E-state index is 12.9. The molecule has 1 heterocycles. The monoisotopic (exact) mass is 378 g/mol.